The molecule has 3 N–H and O–H groups in total. The van der Waals surface area contributed by atoms with E-state index in [4.69, 9.17) is 21.1 Å². The van der Waals surface area contributed by atoms with Crippen LogP contribution in [0.15, 0.2) is 42.5 Å². The zero-order chi connectivity index (χ0) is 23.8. The Morgan fingerprint density at radius 1 is 1.21 bits per heavy atom. The minimum absolute atomic E-state index is 0.0667. The van der Waals surface area contributed by atoms with Crippen molar-refractivity contribution in [3.63, 3.8) is 0 Å². The molecular formula is C25H25ClN3O4S+. The molecule has 1 aromatic heterocycles. The number of ether oxygens (including phenoxy) is 2. The van der Waals surface area contributed by atoms with Gasteiger partial charge in [-0.2, -0.15) is 0 Å². The van der Waals surface area contributed by atoms with Gasteiger partial charge in [0.05, 0.1) is 41.2 Å². The number of fused-ring (bicyclic) bond motifs is 3. The summed E-state index contributed by atoms with van der Waals surface area (Å²) in [5, 5.41) is 7.76. The summed E-state index contributed by atoms with van der Waals surface area (Å²) in [6.07, 6.45) is 0.491. The van der Waals surface area contributed by atoms with Crippen LogP contribution in [0.5, 0.6) is 11.5 Å². The maximum absolute atomic E-state index is 13.0. The number of carbonyl (C=O) groups excluding carboxylic acids is 2. The summed E-state index contributed by atoms with van der Waals surface area (Å²) in [5.74, 6) is 0.0705. The normalized spacial score (nSPS) is 18.9. The van der Waals surface area contributed by atoms with E-state index >= 15 is 0 Å². The van der Waals surface area contributed by atoms with Crippen molar-refractivity contribution < 1.29 is 24.0 Å². The maximum Gasteiger partial charge on any atom is 0.345 e. The van der Waals surface area contributed by atoms with E-state index in [2.05, 4.69) is 17.7 Å². The number of hydrogen-bond donors (Lipinski definition) is 3. The molecule has 1 unspecified atom stereocenters. The van der Waals surface area contributed by atoms with E-state index < -0.39 is 12.1 Å². The number of thiophene rings is 1. The average molecular weight is 499 g/mol. The van der Waals surface area contributed by atoms with Crippen LogP contribution >= 0.6 is 22.9 Å². The van der Waals surface area contributed by atoms with Crippen molar-refractivity contribution in [1.82, 2.24) is 5.32 Å². The second-order valence-electron chi connectivity index (χ2n) is 8.40. The van der Waals surface area contributed by atoms with Crippen molar-refractivity contribution in [3.05, 3.63) is 74.6 Å². The van der Waals surface area contributed by atoms with Gasteiger partial charge in [0, 0.05) is 6.42 Å². The van der Waals surface area contributed by atoms with Gasteiger partial charge in [-0.1, -0.05) is 29.8 Å². The molecule has 0 saturated carbocycles. The van der Waals surface area contributed by atoms with Gasteiger partial charge in [-0.25, -0.2) is 4.79 Å². The second kappa shape index (κ2) is 9.29. The molecule has 0 saturated heterocycles. The minimum atomic E-state index is -0.565. The summed E-state index contributed by atoms with van der Waals surface area (Å²) in [7, 11) is 2.17. The number of nitrogens with one attached hydrogen (secondary N) is 3. The fraction of sp³-hybridized carbons (Fsp3) is 0.280. The molecule has 2 atom stereocenters. The average Bonchev–Trinajstić information content (AvgIpc) is 3.18. The molecule has 0 radical (unpaired) electrons. The maximum atomic E-state index is 13.0. The lowest BCUT2D eigenvalue weighted by Gasteiger charge is -2.27. The lowest BCUT2D eigenvalue weighted by atomic mass is 10.0. The van der Waals surface area contributed by atoms with E-state index in [1.54, 1.807) is 47.7 Å². The molecule has 2 aromatic carbocycles. The molecule has 0 spiro atoms. The van der Waals surface area contributed by atoms with Gasteiger partial charge in [0.1, 0.15) is 17.7 Å². The van der Waals surface area contributed by atoms with Gasteiger partial charge in [-0.15, -0.1) is 11.3 Å². The highest BCUT2D eigenvalue weighted by Crippen LogP contribution is 2.40. The molecule has 2 aliphatic heterocycles. The molecule has 5 rings (SSSR count). The highest BCUT2D eigenvalue weighted by Gasteiger charge is 2.34. The Bertz CT molecular complexity index is 1280. The van der Waals surface area contributed by atoms with Crippen molar-refractivity contribution in [3.8, 4) is 11.5 Å². The number of quaternary nitrogens is 1. The van der Waals surface area contributed by atoms with Crippen LogP contribution in [0.25, 0.3) is 0 Å². The van der Waals surface area contributed by atoms with Crippen LogP contribution in [-0.2, 0) is 13.0 Å². The number of esters is 1. The summed E-state index contributed by atoms with van der Waals surface area (Å²) >= 11 is 7.80. The topological polar surface area (TPSA) is 81.1 Å². The van der Waals surface area contributed by atoms with Gasteiger partial charge >= 0.3 is 5.97 Å². The van der Waals surface area contributed by atoms with Gasteiger partial charge in [-0.3, -0.25) is 4.79 Å². The third-order valence-electron chi connectivity index (χ3n) is 6.03. The van der Waals surface area contributed by atoms with Crippen LogP contribution in [0.4, 0.5) is 5.00 Å². The number of carbonyl (C=O) groups is 2. The quantitative estimate of drug-likeness (QED) is 0.371. The Morgan fingerprint density at radius 2 is 2.03 bits per heavy atom. The number of benzene rings is 2. The van der Waals surface area contributed by atoms with Crippen LogP contribution < -0.4 is 25.0 Å². The highest BCUT2D eigenvalue weighted by atomic mass is 35.5. The van der Waals surface area contributed by atoms with Crippen molar-refractivity contribution in [1.29, 1.82) is 0 Å². The third-order valence-corrected chi connectivity index (χ3v) is 7.52. The molecule has 9 heteroatoms. The van der Waals surface area contributed by atoms with E-state index in [9.17, 15) is 9.59 Å². The molecule has 176 valence electrons. The van der Waals surface area contributed by atoms with Gasteiger partial charge < -0.3 is 25.0 Å². The number of rotatable bonds is 5. The fourth-order valence-corrected chi connectivity index (χ4v) is 5.94. The minimum Gasteiger partial charge on any atom is -0.490 e. The standard InChI is InChI=1S/C25H24ClN3O4S/c1-3-32-19-12-14(8-9-18(19)33-25(31)15-6-4-5-7-17(15)26)22-27-23(30)21-16-10-11-29(2)13-20(16)34-24(21)28-22/h4-9,12,22,28H,3,10-11,13H2,1-2H3,(H,27,30)/p+1/t22-/m0/s1. The number of hydrogen-bond acceptors (Lipinski definition) is 6. The van der Waals surface area contributed by atoms with E-state index in [0.717, 1.165) is 35.6 Å². The monoisotopic (exact) mass is 498 g/mol. The molecule has 7 nitrogen and oxygen atoms in total. The first-order valence-corrected chi connectivity index (χ1v) is 12.4. The first-order valence-electron chi connectivity index (χ1n) is 11.2. The smallest absolute Gasteiger partial charge is 0.345 e. The Balaban J connectivity index is 1.41. The van der Waals surface area contributed by atoms with Gasteiger partial charge in [0.25, 0.3) is 5.91 Å². The number of amides is 1. The molecule has 3 heterocycles. The highest BCUT2D eigenvalue weighted by molar-refractivity contribution is 7.16. The van der Waals surface area contributed by atoms with Crippen molar-refractivity contribution >= 4 is 39.8 Å². The van der Waals surface area contributed by atoms with Gasteiger partial charge in [0.2, 0.25) is 0 Å². The molecular weight excluding hydrogens is 474 g/mol. The largest absolute Gasteiger partial charge is 0.490 e. The summed E-state index contributed by atoms with van der Waals surface area (Å²) < 4.78 is 11.4. The molecule has 1 amide bonds. The number of likely N-dealkylation sites (N-methyl/N-ethyl adjacent to an activating group) is 1. The predicted molar refractivity (Wildman–Crippen MR) is 131 cm³/mol. The van der Waals surface area contributed by atoms with Crippen molar-refractivity contribution in [2.24, 2.45) is 0 Å². The first-order chi connectivity index (χ1) is 16.4. The lowest BCUT2D eigenvalue weighted by Crippen LogP contribution is -3.08. The number of halogens is 1. The SMILES string of the molecule is CCOc1cc([C@H]2NC(=O)c3c(sc4c3CC[NH+](C)C4)N2)ccc1OC(=O)c1ccccc1Cl. The summed E-state index contributed by atoms with van der Waals surface area (Å²) in [5.41, 5.74) is 3.03. The molecule has 34 heavy (non-hydrogen) atoms. The molecule has 3 aromatic rings. The van der Waals surface area contributed by atoms with E-state index in [-0.39, 0.29) is 17.2 Å². The molecule has 0 fully saturated rings. The van der Waals surface area contributed by atoms with E-state index in [1.165, 1.54) is 15.3 Å². The third kappa shape index (κ3) is 4.24. The summed E-state index contributed by atoms with van der Waals surface area (Å²) in [6.45, 7) is 4.21. The van der Waals surface area contributed by atoms with Crippen molar-refractivity contribution in [2.75, 3.05) is 25.5 Å². The summed E-state index contributed by atoms with van der Waals surface area (Å²) in [4.78, 5) is 28.4. The Labute approximate surface area is 206 Å². The number of anilines is 1. The van der Waals surface area contributed by atoms with Crippen LogP contribution in [0.2, 0.25) is 5.02 Å². The first kappa shape index (κ1) is 22.7. The van der Waals surface area contributed by atoms with Gasteiger partial charge in [0.15, 0.2) is 11.5 Å². The molecule has 2 aliphatic rings. The Morgan fingerprint density at radius 3 is 2.82 bits per heavy atom. The molecule has 0 aliphatic carbocycles. The van der Waals surface area contributed by atoms with Gasteiger partial charge in [-0.05, 0) is 42.3 Å². The molecule has 0 bridgehead atoms. The lowest BCUT2D eigenvalue weighted by molar-refractivity contribution is -0.895. The predicted octanol–water partition coefficient (Wildman–Crippen LogP) is 3.44. The van der Waals surface area contributed by atoms with Crippen LogP contribution in [0, 0.1) is 0 Å². The van der Waals surface area contributed by atoms with E-state index in [0.29, 0.717) is 17.4 Å². The van der Waals surface area contributed by atoms with Crippen LogP contribution in [0.1, 0.15) is 49.8 Å². The van der Waals surface area contributed by atoms with Crippen LogP contribution in [-0.4, -0.2) is 32.1 Å². The summed E-state index contributed by atoms with van der Waals surface area (Å²) in [6, 6.07) is 12.0. The Kier molecular flexibility index (Phi) is 6.20. The van der Waals surface area contributed by atoms with E-state index in [1.807, 2.05) is 13.0 Å². The van der Waals surface area contributed by atoms with Crippen molar-refractivity contribution in [2.45, 2.75) is 26.1 Å². The van der Waals surface area contributed by atoms with Crippen LogP contribution in [0.3, 0.4) is 0 Å². The Hall–Kier alpha value is -3.07. The fourth-order valence-electron chi connectivity index (χ4n) is 4.34. The zero-order valence-electron chi connectivity index (χ0n) is 18.9. The zero-order valence-corrected chi connectivity index (χ0v) is 20.4. The second-order valence-corrected chi connectivity index (χ2v) is 9.91.